The molecule has 3 N–H and O–H groups in total. The Balaban J connectivity index is 1.29. The molecule has 12 heteroatoms. The molecule has 0 unspecified atom stereocenters. The van der Waals surface area contributed by atoms with Crippen molar-refractivity contribution >= 4 is 46.6 Å². The number of halogens is 2. The number of aromatic nitrogens is 6. The second-order valence-corrected chi connectivity index (χ2v) is 9.17. The van der Waals surface area contributed by atoms with E-state index in [1.165, 1.54) is 31.2 Å². The molecule has 34 heavy (non-hydrogen) atoms. The van der Waals surface area contributed by atoms with Crippen LogP contribution in [0.15, 0.2) is 42.7 Å². The van der Waals surface area contributed by atoms with Crippen LogP contribution >= 0.6 is 11.6 Å². The minimum Gasteiger partial charge on any atom is -0.327 e. The second kappa shape index (κ2) is 8.24. The molecule has 1 aliphatic heterocycles. The summed E-state index contributed by atoms with van der Waals surface area (Å²) in [7, 11) is 0. The van der Waals surface area contributed by atoms with Gasteiger partial charge in [-0.15, -0.1) is 11.6 Å². The average Bonchev–Trinajstić information content (AvgIpc) is 3.20. The molecule has 1 amide bonds. The highest BCUT2D eigenvalue weighted by atomic mass is 35.5. The van der Waals surface area contributed by atoms with Crippen LogP contribution in [-0.2, 0) is 4.79 Å². The molecule has 1 aliphatic carbocycles. The van der Waals surface area contributed by atoms with Gasteiger partial charge in [-0.05, 0) is 43.5 Å². The predicted molar refractivity (Wildman–Crippen MR) is 125 cm³/mol. The van der Waals surface area contributed by atoms with Crippen LogP contribution in [0.5, 0.6) is 0 Å². The molecule has 6 rings (SSSR count). The summed E-state index contributed by atoms with van der Waals surface area (Å²) >= 11 is 6.45. The summed E-state index contributed by atoms with van der Waals surface area (Å²) in [6.07, 6.45) is 5.90. The largest absolute Gasteiger partial charge is 0.327 e. The van der Waals surface area contributed by atoms with Crippen LogP contribution in [0.3, 0.4) is 0 Å². The lowest BCUT2D eigenvalue weighted by Gasteiger charge is -2.24. The van der Waals surface area contributed by atoms with Gasteiger partial charge in [-0.25, -0.2) is 4.98 Å². The van der Waals surface area contributed by atoms with Crippen LogP contribution < -0.4 is 15.5 Å². The number of nitrogens with one attached hydrogen (secondary N) is 3. The molecule has 5 heterocycles. The number of nitrogens with zero attached hydrogens (tertiary/aromatic N) is 6. The maximum Gasteiger partial charge on any atom is 0.247 e. The number of alkyl halides is 1. The van der Waals surface area contributed by atoms with Gasteiger partial charge in [0.25, 0.3) is 0 Å². The number of hydrogen-bond acceptors (Lipinski definition) is 7. The minimum atomic E-state index is -0.614. The molecule has 10 nitrogen and oxygen atoms in total. The van der Waals surface area contributed by atoms with Crippen LogP contribution in [0.4, 0.5) is 27.8 Å². The van der Waals surface area contributed by atoms with Gasteiger partial charge in [0.15, 0.2) is 5.82 Å². The molecule has 2 aliphatic rings. The van der Waals surface area contributed by atoms with Gasteiger partial charge in [0.1, 0.15) is 11.7 Å². The predicted octanol–water partition coefficient (Wildman–Crippen LogP) is 3.43. The fourth-order valence-electron chi connectivity index (χ4n) is 4.18. The van der Waals surface area contributed by atoms with Gasteiger partial charge in [0, 0.05) is 30.4 Å². The summed E-state index contributed by atoms with van der Waals surface area (Å²) in [6.45, 7) is 0.409. The van der Waals surface area contributed by atoms with Gasteiger partial charge in [0.2, 0.25) is 23.8 Å². The third-order valence-corrected chi connectivity index (χ3v) is 6.35. The van der Waals surface area contributed by atoms with E-state index in [1.807, 2.05) is 28.8 Å². The Hall–Kier alpha value is -3.73. The second-order valence-electron chi connectivity index (χ2n) is 8.55. The zero-order chi connectivity index (χ0) is 23.2. The lowest BCUT2D eigenvalue weighted by Crippen LogP contribution is -2.40. The molecule has 1 saturated carbocycles. The number of rotatable bonds is 6. The van der Waals surface area contributed by atoms with Crippen molar-refractivity contribution in [3.8, 4) is 0 Å². The van der Waals surface area contributed by atoms with E-state index in [9.17, 15) is 9.18 Å². The number of hydrogen-bond donors (Lipinski definition) is 3. The molecular formula is C22H21ClFN9O. The summed E-state index contributed by atoms with van der Waals surface area (Å²) in [6, 6.07) is 7.79. The zero-order valence-electron chi connectivity index (χ0n) is 17.9. The van der Waals surface area contributed by atoms with E-state index in [1.54, 1.807) is 4.90 Å². The van der Waals surface area contributed by atoms with E-state index in [0.717, 1.165) is 5.69 Å². The Morgan fingerprint density at radius 3 is 2.91 bits per heavy atom. The molecule has 0 bridgehead atoms. The Morgan fingerprint density at radius 2 is 2.12 bits per heavy atom. The first kappa shape index (κ1) is 20.8. The number of pyridine rings is 1. The van der Waals surface area contributed by atoms with Crippen molar-refractivity contribution in [3.05, 3.63) is 54.4 Å². The lowest BCUT2D eigenvalue weighted by atomic mass is 10.2. The third kappa shape index (κ3) is 4.03. The number of carbonyl (C=O) groups excluding carboxylic acids is 1. The summed E-state index contributed by atoms with van der Waals surface area (Å²) < 4.78 is 14.9. The highest BCUT2D eigenvalue weighted by Gasteiger charge is 2.38. The standard InChI is InChI=1S/C22H21ClFN9O/c23-13-8-16(20(34)26-14-5-6-17(24)25-10-14)33(11-13)22-28-19-2-1-7-32(19)21(29-22)27-18-9-15(30-31-18)12-3-4-12/h1-2,5-7,9-10,12-13,16H,3-4,8,11H2,(H,26,34)(H2,27,28,29,30,31)/t13-,16-/m0/s1. The molecule has 1 saturated heterocycles. The molecule has 0 aromatic carbocycles. The first-order valence-electron chi connectivity index (χ1n) is 11.0. The van der Waals surface area contributed by atoms with Crippen molar-refractivity contribution in [3.63, 3.8) is 0 Å². The Bertz CT molecular complexity index is 1350. The van der Waals surface area contributed by atoms with Crippen LogP contribution in [-0.4, -0.2) is 53.4 Å². The van der Waals surface area contributed by atoms with E-state index < -0.39 is 12.0 Å². The van der Waals surface area contributed by atoms with Crippen molar-refractivity contribution < 1.29 is 9.18 Å². The monoisotopic (exact) mass is 481 g/mol. The number of amides is 1. The minimum absolute atomic E-state index is 0.252. The molecule has 0 radical (unpaired) electrons. The van der Waals surface area contributed by atoms with E-state index in [-0.39, 0.29) is 11.3 Å². The number of anilines is 4. The van der Waals surface area contributed by atoms with Gasteiger partial charge in [-0.1, -0.05) is 0 Å². The average molecular weight is 482 g/mol. The highest BCUT2D eigenvalue weighted by Crippen LogP contribution is 2.39. The van der Waals surface area contributed by atoms with Gasteiger partial charge in [-0.3, -0.25) is 14.3 Å². The van der Waals surface area contributed by atoms with E-state index in [0.29, 0.717) is 47.9 Å². The molecule has 2 atom stereocenters. The zero-order valence-corrected chi connectivity index (χ0v) is 18.7. The first-order valence-corrected chi connectivity index (χ1v) is 11.5. The highest BCUT2D eigenvalue weighted by molar-refractivity contribution is 6.21. The van der Waals surface area contributed by atoms with Crippen molar-refractivity contribution in [2.75, 3.05) is 22.1 Å². The summed E-state index contributed by atoms with van der Waals surface area (Å²) in [5.74, 6) is 1.22. The lowest BCUT2D eigenvalue weighted by molar-refractivity contribution is -0.117. The van der Waals surface area contributed by atoms with Gasteiger partial charge in [-0.2, -0.15) is 19.5 Å². The molecule has 4 aromatic heterocycles. The van der Waals surface area contributed by atoms with E-state index in [2.05, 4.69) is 30.8 Å². The van der Waals surface area contributed by atoms with Crippen molar-refractivity contribution in [2.24, 2.45) is 0 Å². The van der Waals surface area contributed by atoms with Crippen molar-refractivity contribution in [1.82, 2.24) is 29.5 Å². The Kier molecular flexibility index (Phi) is 5.05. The van der Waals surface area contributed by atoms with Crippen molar-refractivity contribution in [1.29, 1.82) is 0 Å². The smallest absolute Gasteiger partial charge is 0.247 e. The summed E-state index contributed by atoms with van der Waals surface area (Å²) in [5, 5.41) is 13.2. The third-order valence-electron chi connectivity index (χ3n) is 6.04. The van der Waals surface area contributed by atoms with Crippen molar-refractivity contribution in [2.45, 2.75) is 36.6 Å². The number of aromatic amines is 1. The van der Waals surface area contributed by atoms with Gasteiger partial charge < -0.3 is 15.5 Å². The quantitative estimate of drug-likeness (QED) is 0.285. The summed E-state index contributed by atoms with van der Waals surface area (Å²) in [5.41, 5.74) is 2.18. The molecule has 174 valence electrons. The van der Waals surface area contributed by atoms with Crippen LogP contribution in [0, 0.1) is 5.95 Å². The molecule has 4 aromatic rings. The first-order chi connectivity index (χ1) is 16.5. The normalized spacial score (nSPS) is 20.1. The molecular weight excluding hydrogens is 461 g/mol. The molecule has 0 spiro atoms. The number of carbonyl (C=O) groups is 1. The number of fused-ring (bicyclic) bond motifs is 1. The van der Waals surface area contributed by atoms with E-state index >= 15 is 0 Å². The summed E-state index contributed by atoms with van der Waals surface area (Å²) in [4.78, 5) is 27.8. The van der Waals surface area contributed by atoms with Crippen LogP contribution in [0.2, 0.25) is 0 Å². The molecule has 2 fully saturated rings. The van der Waals surface area contributed by atoms with Crippen LogP contribution in [0.25, 0.3) is 5.65 Å². The fraction of sp³-hybridized carbons (Fsp3) is 0.318. The Labute approximate surface area is 198 Å². The van der Waals surface area contributed by atoms with Gasteiger partial charge in [0.05, 0.1) is 17.3 Å². The topological polar surface area (TPSA) is 116 Å². The maximum absolute atomic E-state index is 13.1. The van der Waals surface area contributed by atoms with Crippen LogP contribution in [0.1, 0.15) is 30.9 Å². The van der Waals surface area contributed by atoms with E-state index in [4.69, 9.17) is 16.6 Å². The maximum atomic E-state index is 13.1. The number of H-pyrrole nitrogens is 1. The SMILES string of the molecule is O=C(Nc1ccc(F)nc1)[C@@H]1C[C@H](Cl)CN1c1nc(Nc2cc(C3CC3)[nH]n2)n2cccc2n1. The van der Waals surface area contributed by atoms with Gasteiger partial charge >= 0.3 is 0 Å². The Morgan fingerprint density at radius 1 is 1.24 bits per heavy atom. The fourth-order valence-corrected chi connectivity index (χ4v) is 4.50.